The van der Waals surface area contributed by atoms with Gasteiger partial charge in [-0.25, -0.2) is 4.79 Å². The smallest absolute Gasteiger partial charge is 0.328 e. The highest BCUT2D eigenvalue weighted by Gasteiger charge is 2.01. The molecule has 2 nitrogen and oxygen atoms in total. The summed E-state index contributed by atoms with van der Waals surface area (Å²) < 4.78 is 0.925. The van der Waals surface area contributed by atoms with E-state index in [0.29, 0.717) is 0 Å². The largest absolute Gasteiger partial charge is 0.478 e. The monoisotopic (exact) mass is 318 g/mol. The molecule has 14 heavy (non-hydrogen) atoms. The first-order chi connectivity index (χ1) is 6.65. The molecule has 1 N–H and O–H groups in total. The van der Waals surface area contributed by atoms with Gasteiger partial charge in [-0.1, -0.05) is 34.1 Å². The summed E-state index contributed by atoms with van der Waals surface area (Å²) in [7, 11) is 0. The van der Waals surface area contributed by atoms with Crippen molar-refractivity contribution in [2.75, 3.05) is 0 Å². The van der Waals surface area contributed by atoms with Gasteiger partial charge in [0.1, 0.15) is 0 Å². The molecule has 0 radical (unpaired) electrons. The predicted octanol–water partition coefficient (Wildman–Crippen LogP) is 3.44. The maximum absolute atomic E-state index is 10.3. The first-order valence-corrected chi connectivity index (χ1v) is 5.81. The lowest BCUT2D eigenvalue weighted by Crippen LogP contribution is -1.88. The Kier molecular flexibility index (Phi) is 4.35. The Morgan fingerprint density at radius 1 is 1.50 bits per heavy atom. The fourth-order valence-corrected chi connectivity index (χ4v) is 2.37. The van der Waals surface area contributed by atoms with Crippen LogP contribution in [0.4, 0.5) is 0 Å². The minimum absolute atomic E-state index is 0.738. The van der Waals surface area contributed by atoms with Gasteiger partial charge in [0.05, 0.1) is 0 Å². The Balaban J connectivity index is 3.03. The maximum Gasteiger partial charge on any atom is 0.328 e. The summed E-state index contributed by atoms with van der Waals surface area (Å²) in [4.78, 5) is 10.3. The van der Waals surface area contributed by atoms with Crippen LogP contribution in [0.25, 0.3) is 6.08 Å². The van der Waals surface area contributed by atoms with Crippen LogP contribution in [0.3, 0.4) is 0 Å². The van der Waals surface area contributed by atoms with Crippen LogP contribution >= 0.6 is 31.9 Å². The summed E-state index contributed by atoms with van der Waals surface area (Å²) in [5.41, 5.74) is 1.96. The summed E-state index contributed by atoms with van der Waals surface area (Å²) in [6.45, 7) is 0. The van der Waals surface area contributed by atoms with E-state index in [1.165, 1.54) is 0 Å². The molecule has 0 atom stereocenters. The van der Waals surface area contributed by atoms with Gasteiger partial charge in [-0.2, -0.15) is 0 Å². The van der Waals surface area contributed by atoms with Crippen molar-refractivity contribution < 1.29 is 9.90 Å². The molecule has 0 aliphatic heterocycles. The Bertz CT molecular complexity index is 372. The van der Waals surface area contributed by atoms with Crippen LogP contribution in [0.1, 0.15) is 11.1 Å². The summed E-state index contributed by atoms with van der Waals surface area (Å²) in [6, 6.07) is 5.72. The average Bonchev–Trinajstić information content (AvgIpc) is 2.16. The van der Waals surface area contributed by atoms with E-state index in [0.717, 1.165) is 27.0 Å². The van der Waals surface area contributed by atoms with Crippen LogP contribution in [0, 0.1) is 0 Å². The fraction of sp³-hybridized carbons (Fsp3) is 0.100. The van der Waals surface area contributed by atoms with E-state index in [2.05, 4.69) is 31.9 Å². The van der Waals surface area contributed by atoms with Crippen molar-refractivity contribution >= 4 is 43.9 Å². The molecule has 0 aliphatic carbocycles. The molecule has 4 heteroatoms. The van der Waals surface area contributed by atoms with Gasteiger partial charge in [-0.3, -0.25) is 0 Å². The Morgan fingerprint density at radius 3 is 2.79 bits per heavy atom. The third kappa shape index (κ3) is 2.96. The lowest BCUT2D eigenvalue weighted by Gasteiger charge is -2.03. The third-order valence-corrected chi connectivity index (χ3v) is 3.23. The Hall–Kier alpha value is -0.610. The van der Waals surface area contributed by atoms with Gasteiger partial charge in [-0.05, 0) is 33.1 Å². The van der Waals surface area contributed by atoms with Crippen LogP contribution in [-0.4, -0.2) is 11.1 Å². The minimum atomic E-state index is -0.943. The lowest BCUT2D eigenvalue weighted by atomic mass is 10.1. The average molecular weight is 320 g/mol. The molecule has 0 unspecified atom stereocenters. The van der Waals surface area contributed by atoms with Crippen molar-refractivity contribution in [2.24, 2.45) is 0 Å². The first kappa shape index (κ1) is 11.5. The molecule has 0 spiro atoms. The number of carboxylic acid groups (broad SMARTS) is 1. The molecule has 1 aromatic carbocycles. The van der Waals surface area contributed by atoms with E-state index in [1.54, 1.807) is 6.08 Å². The Morgan fingerprint density at radius 2 is 2.21 bits per heavy atom. The molecule has 0 aliphatic rings. The van der Waals surface area contributed by atoms with E-state index < -0.39 is 5.97 Å². The molecule has 0 amide bonds. The van der Waals surface area contributed by atoms with Crippen molar-refractivity contribution in [2.45, 2.75) is 5.33 Å². The number of halogens is 2. The van der Waals surface area contributed by atoms with Gasteiger partial charge in [0, 0.05) is 15.9 Å². The van der Waals surface area contributed by atoms with Gasteiger partial charge in [0.15, 0.2) is 0 Å². The molecular formula is C10H8Br2O2. The van der Waals surface area contributed by atoms with Crippen LogP contribution in [-0.2, 0) is 10.1 Å². The molecule has 0 aromatic heterocycles. The Labute approximate surface area is 98.9 Å². The SMILES string of the molecule is O=C(O)/C=C/c1cccc(CBr)c1Br. The number of rotatable bonds is 3. The molecule has 0 bridgehead atoms. The summed E-state index contributed by atoms with van der Waals surface area (Å²) in [5, 5.41) is 9.22. The third-order valence-electron chi connectivity index (χ3n) is 1.66. The van der Waals surface area contributed by atoms with Gasteiger partial charge in [-0.15, -0.1) is 0 Å². The highest BCUT2D eigenvalue weighted by Crippen LogP contribution is 2.24. The number of alkyl halides is 1. The van der Waals surface area contributed by atoms with Gasteiger partial charge in [0.2, 0.25) is 0 Å². The predicted molar refractivity (Wildman–Crippen MR) is 63.4 cm³/mol. The molecule has 74 valence electrons. The molecule has 0 saturated heterocycles. The number of benzene rings is 1. The molecule has 0 heterocycles. The van der Waals surface area contributed by atoms with E-state index in [4.69, 9.17) is 5.11 Å². The number of hydrogen-bond acceptors (Lipinski definition) is 1. The van der Waals surface area contributed by atoms with E-state index in [-0.39, 0.29) is 0 Å². The molecule has 0 fully saturated rings. The second-order valence-corrected chi connectivity index (χ2v) is 3.98. The van der Waals surface area contributed by atoms with E-state index in [9.17, 15) is 4.79 Å². The van der Waals surface area contributed by atoms with Crippen LogP contribution in [0.15, 0.2) is 28.7 Å². The second-order valence-electron chi connectivity index (χ2n) is 2.63. The van der Waals surface area contributed by atoms with Crippen molar-refractivity contribution in [1.82, 2.24) is 0 Å². The van der Waals surface area contributed by atoms with Crippen molar-refractivity contribution in [1.29, 1.82) is 0 Å². The summed E-state index contributed by atoms with van der Waals surface area (Å²) in [6.07, 6.45) is 2.69. The van der Waals surface area contributed by atoms with E-state index >= 15 is 0 Å². The topological polar surface area (TPSA) is 37.3 Å². The highest BCUT2D eigenvalue weighted by molar-refractivity contribution is 9.10. The second kappa shape index (κ2) is 5.32. The standard InChI is InChI=1S/C10H8Br2O2/c11-6-8-3-1-2-7(10(8)12)4-5-9(13)14/h1-5H,6H2,(H,13,14)/b5-4+. The number of carbonyl (C=O) groups is 1. The zero-order valence-corrected chi connectivity index (χ0v) is 10.4. The molecule has 0 saturated carbocycles. The molecular weight excluding hydrogens is 312 g/mol. The van der Waals surface area contributed by atoms with E-state index in [1.807, 2.05) is 18.2 Å². The van der Waals surface area contributed by atoms with Crippen LogP contribution in [0.5, 0.6) is 0 Å². The zero-order chi connectivity index (χ0) is 10.6. The van der Waals surface area contributed by atoms with Crippen molar-refractivity contribution in [3.63, 3.8) is 0 Å². The van der Waals surface area contributed by atoms with Crippen LogP contribution < -0.4 is 0 Å². The van der Waals surface area contributed by atoms with Gasteiger partial charge >= 0.3 is 5.97 Å². The lowest BCUT2D eigenvalue weighted by molar-refractivity contribution is -0.131. The molecule has 1 rings (SSSR count). The normalized spacial score (nSPS) is 10.7. The van der Waals surface area contributed by atoms with Crippen molar-refractivity contribution in [3.05, 3.63) is 39.9 Å². The van der Waals surface area contributed by atoms with Gasteiger partial charge < -0.3 is 5.11 Å². The molecule has 1 aromatic rings. The summed E-state index contributed by atoms with van der Waals surface area (Å²) >= 11 is 6.77. The maximum atomic E-state index is 10.3. The minimum Gasteiger partial charge on any atom is -0.478 e. The van der Waals surface area contributed by atoms with Crippen LogP contribution in [0.2, 0.25) is 0 Å². The zero-order valence-electron chi connectivity index (χ0n) is 7.21. The van der Waals surface area contributed by atoms with Crippen molar-refractivity contribution in [3.8, 4) is 0 Å². The highest BCUT2D eigenvalue weighted by atomic mass is 79.9. The van der Waals surface area contributed by atoms with Gasteiger partial charge in [0.25, 0.3) is 0 Å². The summed E-state index contributed by atoms with van der Waals surface area (Å²) in [5.74, 6) is -0.943. The quantitative estimate of drug-likeness (QED) is 0.684. The number of hydrogen-bond donors (Lipinski definition) is 1. The first-order valence-electron chi connectivity index (χ1n) is 3.89. The number of aliphatic carboxylic acids is 1. The number of carboxylic acids is 1. The fourth-order valence-electron chi connectivity index (χ4n) is 0.993.